The molecule has 0 aliphatic carbocycles. The van der Waals surface area contributed by atoms with Gasteiger partial charge in [0.15, 0.2) is 0 Å². The van der Waals surface area contributed by atoms with E-state index in [4.69, 9.17) is 10.00 Å². The lowest BCUT2D eigenvalue weighted by atomic mass is 10.0. The number of amides is 1. The van der Waals surface area contributed by atoms with E-state index in [-0.39, 0.29) is 18.9 Å². The standard InChI is InChI=1S/C14H16N2O3/c1-4-19-14(18)12-8-10(5-6-15)7-11(9-12)13(17)16(2)3/h7-9H,4-5H2,1-3H3. The Labute approximate surface area is 112 Å². The molecule has 1 rings (SSSR count). The lowest BCUT2D eigenvalue weighted by Gasteiger charge is -2.12. The van der Waals surface area contributed by atoms with Gasteiger partial charge in [0, 0.05) is 19.7 Å². The molecule has 19 heavy (non-hydrogen) atoms. The summed E-state index contributed by atoms with van der Waals surface area (Å²) in [6.07, 6.45) is 0.140. The van der Waals surface area contributed by atoms with Crippen molar-refractivity contribution in [3.8, 4) is 6.07 Å². The van der Waals surface area contributed by atoms with Crippen LogP contribution in [0, 0.1) is 11.3 Å². The summed E-state index contributed by atoms with van der Waals surface area (Å²) in [6, 6.07) is 6.68. The molecule has 0 heterocycles. The van der Waals surface area contributed by atoms with Gasteiger partial charge in [-0.1, -0.05) is 0 Å². The van der Waals surface area contributed by atoms with Crippen molar-refractivity contribution in [3.63, 3.8) is 0 Å². The van der Waals surface area contributed by atoms with Gasteiger partial charge in [0.2, 0.25) is 0 Å². The molecule has 0 aromatic heterocycles. The van der Waals surface area contributed by atoms with Crippen LogP contribution in [-0.2, 0) is 11.2 Å². The van der Waals surface area contributed by atoms with Crippen molar-refractivity contribution in [3.05, 3.63) is 34.9 Å². The Morgan fingerprint density at radius 1 is 1.26 bits per heavy atom. The van der Waals surface area contributed by atoms with E-state index in [0.717, 1.165) is 0 Å². The quantitative estimate of drug-likeness (QED) is 0.771. The van der Waals surface area contributed by atoms with E-state index in [9.17, 15) is 9.59 Å². The maximum Gasteiger partial charge on any atom is 0.338 e. The Morgan fingerprint density at radius 2 is 1.89 bits per heavy atom. The largest absolute Gasteiger partial charge is 0.462 e. The maximum atomic E-state index is 11.9. The number of hydrogen-bond acceptors (Lipinski definition) is 4. The third kappa shape index (κ3) is 3.81. The van der Waals surface area contributed by atoms with E-state index < -0.39 is 5.97 Å². The van der Waals surface area contributed by atoms with Gasteiger partial charge in [0.05, 0.1) is 24.7 Å². The highest BCUT2D eigenvalue weighted by atomic mass is 16.5. The topological polar surface area (TPSA) is 70.4 Å². The lowest BCUT2D eigenvalue weighted by molar-refractivity contribution is 0.0526. The van der Waals surface area contributed by atoms with Gasteiger partial charge in [-0.05, 0) is 30.7 Å². The number of carbonyl (C=O) groups is 2. The van der Waals surface area contributed by atoms with Crippen LogP contribution in [0.5, 0.6) is 0 Å². The molecule has 1 aromatic carbocycles. The molecule has 0 saturated heterocycles. The average Bonchev–Trinajstić information content (AvgIpc) is 2.38. The Hall–Kier alpha value is -2.35. The molecule has 100 valence electrons. The lowest BCUT2D eigenvalue weighted by Crippen LogP contribution is -2.22. The van der Waals surface area contributed by atoms with Gasteiger partial charge in [-0.3, -0.25) is 4.79 Å². The summed E-state index contributed by atoms with van der Waals surface area (Å²) in [6.45, 7) is 1.97. The number of nitrogens with zero attached hydrogens (tertiary/aromatic N) is 2. The Bertz CT molecular complexity index is 530. The third-order valence-corrected chi connectivity index (χ3v) is 2.44. The van der Waals surface area contributed by atoms with E-state index >= 15 is 0 Å². The first-order valence-electron chi connectivity index (χ1n) is 5.89. The zero-order valence-corrected chi connectivity index (χ0v) is 11.3. The molecule has 5 heteroatoms. The highest BCUT2D eigenvalue weighted by molar-refractivity contribution is 5.98. The van der Waals surface area contributed by atoms with Gasteiger partial charge in [-0.25, -0.2) is 4.79 Å². The van der Waals surface area contributed by atoms with Crippen LogP contribution in [0.2, 0.25) is 0 Å². The predicted octanol–water partition coefficient (Wildman–Crippen LogP) is 1.63. The summed E-state index contributed by atoms with van der Waals surface area (Å²) < 4.78 is 4.91. The molecular formula is C14H16N2O3. The highest BCUT2D eigenvalue weighted by Crippen LogP contribution is 2.14. The van der Waals surface area contributed by atoms with E-state index in [2.05, 4.69) is 0 Å². The van der Waals surface area contributed by atoms with Crippen LogP contribution < -0.4 is 0 Å². The van der Waals surface area contributed by atoms with Crippen LogP contribution in [0.25, 0.3) is 0 Å². The van der Waals surface area contributed by atoms with Gasteiger partial charge >= 0.3 is 5.97 Å². The SMILES string of the molecule is CCOC(=O)c1cc(CC#N)cc(C(=O)N(C)C)c1. The highest BCUT2D eigenvalue weighted by Gasteiger charge is 2.14. The van der Waals surface area contributed by atoms with Gasteiger partial charge in [-0.2, -0.15) is 5.26 Å². The van der Waals surface area contributed by atoms with E-state index in [1.54, 1.807) is 33.2 Å². The fourth-order valence-electron chi connectivity index (χ4n) is 1.60. The molecular weight excluding hydrogens is 244 g/mol. The first-order chi connectivity index (χ1) is 8.99. The minimum absolute atomic E-state index is 0.140. The molecule has 0 saturated carbocycles. The Kier molecular flexibility index (Phi) is 5.07. The minimum Gasteiger partial charge on any atom is -0.462 e. The number of hydrogen-bond donors (Lipinski definition) is 0. The van der Waals surface area contributed by atoms with Crippen molar-refractivity contribution in [1.29, 1.82) is 5.26 Å². The average molecular weight is 260 g/mol. The predicted molar refractivity (Wildman–Crippen MR) is 69.7 cm³/mol. The molecule has 1 amide bonds. The fourth-order valence-corrected chi connectivity index (χ4v) is 1.60. The first-order valence-corrected chi connectivity index (χ1v) is 5.89. The third-order valence-electron chi connectivity index (χ3n) is 2.44. The van der Waals surface area contributed by atoms with Crippen LogP contribution in [0.3, 0.4) is 0 Å². The summed E-state index contributed by atoms with van der Waals surface area (Å²) in [5.74, 6) is -0.708. The molecule has 0 aliphatic heterocycles. The molecule has 0 unspecified atom stereocenters. The number of benzene rings is 1. The molecule has 0 atom stereocenters. The second-order valence-corrected chi connectivity index (χ2v) is 4.17. The zero-order valence-electron chi connectivity index (χ0n) is 11.3. The summed E-state index contributed by atoms with van der Waals surface area (Å²) in [4.78, 5) is 25.1. The maximum absolute atomic E-state index is 11.9. The minimum atomic E-state index is -0.491. The van der Waals surface area contributed by atoms with Crippen molar-refractivity contribution < 1.29 is 14.3 Å². The van der Waals surface area contributed by atoms with Gasteiger partial charge in [-0.15, -0.1) is 0 Å². The second kappa shape index (κ2) is 6.55. The Balaban J connectivity index is 3.22. The molecule has 0 N–H and O–H groups in total. The molecule has 0 bridgehead atoms. The summed E-state index contributed by atoms with van der Waals surface area (Å²) in [7, 11) is 3.26. The molecule has 1 aromatic rings. The van der Waals surface area contributed by atoms with Crippen molar-refractivity contribution in [1.82, 2.24) is 4.90 Å². The van der Waals surface area contributed by atoms with Crippen LogP contribution in [0.15, 0.2) is 18.2 Å². The second-order valence-electron chi connectivity index (χ2n) is 4.17. The van der Waals surface area contributed by atoms with Gasteiger partial charge in [0.25, 0.3) is 5.91 Å². The van der Waals surface area contributed by atoms with E-state index in [1.165, 1.54) is 11.0 Å². The van der Waals surface area contributed by atoms with Crippen molar-refractivity contribution in [2.45, 2.75) is 13.3 Å². The fraction of sp³-hybridized carbons (Fsp3) is 0.357. The molecule has 0 radical (unpaired) electrons. The van der Waals surface area contributed by atoms with Crippen molar-refractivity contribution in [2.75, 3.05) is 20.7 Å². The molecule has 0 spiro atoms. The zero-order chi connectivity index (χ0) is 14.4. The number of esters is 1. The van der Waals surface area contributed by atoms with Crippen LogP contribution >= 0.6 is 0 Å². The monoisotopic (exact) mass is 260 g/mol. The van der Waals surface area contributed by atoms with Crippen LogP contribution in [-0.4, -0.2) is 37.5 Å². The number of rotatable bonds is 4. The summed E-state index contributed by atoms with van der Waals surface area (Å²) in [5.41, 5.74) is 1.29. The number of nitriles is 1. The Morgan fingerprint density at radius 3 is 2.42 bits per heavy atom. The summed E-state index contributed by atoms with van der Waals surface area (Å²) in [5, 5.41) is 8.73. The van der Waals surface area contributed by atoms with E-state index in [1.807, 2.05) is 6.07 Å². The smallest absolute Gasteiger partial charge is 0.338 e. The summed E-state index contributed by atoms with van der Waals surface area (Å²) >= 11 is 0. The van der Waals surface area contributed by atoms with Crippen LogP contribution in [0.4, 0.5) is 0 Å². The number of carbonyl (C=O) groups excluding carboxylic acids is 2. The molecule has 0 aliphatic rings. The van der Waals surface area contributed by atoms with E-state index in [0.29, 0.717) is 16.7 Å². The van der Waals surface area contributed by atoms with Crippen LogP contribution in [0.1, 0.15) is 33.2 Å². The van der Waals surface area contributed by atoms with Gasteiger partial charge < -0.3 is 9.64 Å². The molecule has 5 nitrogen and oxygen atoms in total. The normalized spacial score (nSPS) is 9.58. The van der Waals surface area contributed by atoms with Gasteiger partial charge in [0.1, 0.15) is 0 Å². The number of ether oxygens (including phenoxy) is 1. The van der Waals surface area contributed by atoms with Crippen molar-refractivity contribution in [2.24, 2.45) is 0 Å². The molecule has 0 fully saturated rings. The van der Waals surface area contributed by atoms with Crippen molar-refractivity contribution >= 4 is 11.9 Å². The first kappa shape index (κ1) is 14.7.